The van der Waals surface area contributed by atoms with Gasteiger partial charge < -0.3 is 9.30 Å². The van der Waals surface area contributed by atoms with Gasteiger partial charge in [0.1, 0.15) is 0 Å². The summed E-state index contributed by atoms with van der Waals surface area (Å²) in [5, 5.41) is 0. The molecular formula is C16H16N4O. The van der Waals surface area contributed by atoms with Crippen LogP contribution in [0.1, 0.15) is 12.5 Å². The van der Waals surface area contributed by atoms with E-state index in [1.165, 1.54) is 0 Å². The fourth-order valence-corrected chi connectivity index (χ4v) is 2.11. The topological polar surface area (TPSA) is 52.8 Å². The molecule has 0 bridgehead atoms. The maximum atomic E-state index is 5.54. The molecule has 3 rings (SSSR count). The highest BCUT2D eigenvalue weighted by molar-refractivity contribution is 5.64. The standard InChI is InChI=1S/C16H16N4O/c1-2-21-16-14(4-3-7-18-16)15-6-5-13(10-19-15)11-20-9-8-17-12-20/h3-10,12H,2,11H2,1H3. The van der Waals surface area contributed by atoms with Crippen LogP contribution in [0.5, 0.6) is 5.88 Å². The van der Waals surface area contributed by atoms with Crippen molar-refractivity contribution in [2.75, 3.05) is 6.61 Å². The van der Waals surface area contributed by atoms with Crippen molar-refractivity contribution < 1.29 is 4.74 Å². The van der Waals surface area contributed by atoms with Gasteiger partial charge >= 0.3 is 0 Å². The number of rotatable bonds is 5. The highest BCUT2D eigenvalue weighted by Gasteiger charge is 2.08. The molecule has 0 radical (unpaired) electrons. The molecule has 0 saturated heterocycles. The van der Waals surface area contributed by atoms with Crippen molar-refractivity contribution in [1.82, 2.24) is 19.5 Å². The van der Waals surface area contributed by atoms with Crippen molar-refractivity contribution in [3.63, 3.8) is 0 Å². The Bertz CT molecular complexity index is 693. The molecule has 0 aliphatic rings. The first kappa shape index (κ1) is 13.3. The van der Waals surface area contributed by atoms with Crippen molar-refractivity contribution in [1.29, 1.82) is 0 Å². The quantitative estimate of drug-likeness (QED) is 0.721. The molecule has 5 heteroatoms. The number of ether oxygens (including phenoxy) is 1. The van der Waals surface area contributed by atoms with Gasteiger partial charge in [-0.05, 0) is 30.7 Å². The molecule has 0 amide bonds. The number of nitrogens with zero attached hydrogens (tertiary/aromatic N) is 4. The van der Waals surface area contributed by atoms with E-state index in [1.807, 2.05) is 42.1 Å². The smallest absolute Gasteiger partial charge is 0.222 e. The zero-order valence-corrected chi connectivity index (χ0v) is 11.8. The van der Waals surface area contributed by atoms with Gasteiger partial charge in [0.25, 0.3) is 0 Å². The van der Waals surface area contributed by atoms with Gasteiger partial charge in [0.2, 0.25) is 5.88 Å². The molecule has 3 heterocycles. The van der Waals surface area contributed by atoms with Crippen molar-refractivity contribution in [3.05, 3.63) is 60.9 Å². The zero-order valence-electron chi connectivity index (χ0n) is 11.8. The van der Waals surface area contributed by atoms with Gasteiger partial charge in [0, 0.05) is 31.3 Å². The van der Waals surface area contributed by atoms with Crippen LogP contribution in [0.4, 0.5) is 0 Å². The van der Waals surface area contributed by atoms with Crippen LogP contribution in [0.15, 0.2) is 55.4 Å². The van der Waals surface area contributed by atoms with Gasteiger partial charge in [-0.3, -0.25) is 4.98 Å². The fraction of sp³-hybridized carbons (Fsp3) is 0.188. The van der Waals surface area contributed by atoms with Gasteiger partial charge in [-0.2, -0.15) is 0 Å². The molecule has 0 N–H and O–H groups in total. The monoisotopic (exact) mass is 280 g/mol. The van der Waals surface area contributed by atoms with Crippen molar-refractivity contribution in [3.8, 4) is 17.1 Å². The Morgan fingerprint density at radius 2 is 2.10 bits per heavy atom. The zero-order chi connectivity index (χ0) is 14.5. The van der Waals surface area contributed by atoms with E-state index in [-0.39, 0.29) is 0 Å². The minimum absolute atomic E-state index is 0.586. The Kier molecular flexibility index (Phi) is 3.91. The lowest BCUT2D eigenvalue weighted by Gasteiger charge is -2.09. The van der Waals surface area contributed by atoms with Crippen molar-refractivity contribution >= 4 is 0 Å². The highest BCUT2D eigenvalue weighted by Crippen LogP contribution is 2.26. The predicted molar refractivity (Wildman–Crippen MR) is 80.0 cm³/mol. The van der Waals surface area contributed by atoms with Gasteiger partial charge in [-0.15, -0.1) is 0 Å². The second-order valence-corrected chi connectivity index (χ2v) is 4.58. The minimum Gasteiger partial charge on any atom is -0.477 e. The lowest BCUT2D eigenvalue weighted by molar-refractivity contribution is 0.328. The first-order valence-electron chi connectivity index (χ1n) is 6.85. The van der Waals surface area contributed by atoms with E-state index < -0.39 is 0 Å². The molecule has 0 aromatic carbocycles. The third-order valence-electron chi connectivity index (χ3n) is 3.08. The molecule has 3 aromatic heterocycles. The number of hydrogen-bond acceptors (Lipinski definition) is 4. The normalized spacial score (nSPS) is 10.5. The summed E-state index contributed by atoms with van der Waals surface area (Å²) in [5.41, 5.74) is 2.90. The summed E-state index contributed by atoms with van der Waals surface area (Å²) in [4.78, 5) is 12.8. The molecule has 0 spiro atoms. The first-order valence-corrected chi connectivity index (χ1v) is 6.85. The van der Waals surface area contributed by atoms with E-state index in [0.717, 1.165) is 23.4 Å². The van der Waals surface area contributed by atoms with E-state index in [4.69, 9.17) is 4.74 Å². The molecule has 5 nitrogen and oxygen atoms in total. The van der Waals surface area contributed by atoms with Crippen LogP contribution in [-0.4, -0.2) is 26.1 Å². The summed E-state index contributed by atoms with van der Waals surface area (Å²) in [6, 6.07) is 7.91. The minimum atomic E-state index is 0.586. The summed E-state index contributed by atoms with van der Waals surface area (Å²) in [7, 11) is 0. The third kappa shape index (κ3) is 3.08. The summed E-state index contributed by atoms with van der Waals surface area (Å²) >= 11 is 0. The molecule has 0 unspecified atom stereocenters. The Labute approximate surface area is 123 Å². The maximum Gasteiger partial charge on any atom is 0.222 e. The average molecular weight is 280 g/mol. The van der Waals surface area contributed by atoms with Crippen LogP contribution in [0.25, 0.3) is 11.3 Å². The average Bonchev–Trinajstić information content (AvgIpc) is 3.02. The Hall–Kier alpha value is -2.69. The first-order chi connectivity index (χ1) is 10.4. The lowest BCUT2D eigenvalue weighted by Crippen LogP contribution is -1.99. The molecule has 0 aliphatic carbocycles. The number of imidazole rings is 1. The maximum absolute atomic E-state index is 5.54. The summed E-state index contributed by atoms with van der Waals surface area (Å²) < 4.78 is 7.55. The van der Waals surface area contributed by atoms with Gasteiger partial charge in [-0.25, -0.2) is 9.97 Å². The van der Waals surface area contributed by atoms with Crippen LogP contribution in [0.2, 0.25) is 0 Å². The van der Waals surface area contributed by atoms with Crippen molar-refractivity contribution in [2.45, 2.75) is 13.5 Å². The van der Waals surface area contributed by atoms with Gasteiger partial charge in [0.05, 0.1) is 24.2 Å². The van der Waals surface area contributed by atoms with Crippen LogP contribution >= 0.6 is 0 Å². The van der Waals surface area contributed by atoms with Crippen molar-refractivity contribution in [2.24, 2.45) is 0 Å². The molecule has 3 aromatic rings. The molecule has 0 fully saturated rings. The summed E-state index contributed by atoms with van der Waals surface area (Å²) in [6.07, 6.45) is 9.09. The molecule has 0 atom stereocenters. The van der Waals surface area contributed by atoms with E-state index in [9.17, 15) is 0 Å². The Morgan fingerprint density at radius 1 is 1.14 bits per heavy atom. The van der Waals surface area contributed by atoms with E-state index in [0.29, 0.717) is 12.5 Å². The third-order valence-corrected chi connectivity index (χ3v) is 3.08. The van der Waals surface area contributed by atoms with Gasteiger partial charge in [0.15, 0.2) is 0 Å². The second-order valence-electron chi connectivity index (χ2n) is 4.58. The predicted octanol–water partition coefficient (Wildman–Crippen LogP) is 2.79. The summed E-state index contributed by atoms with van der Waals surface area (Å²) in [6.45, 7) is 3.29. The molecule has 21 heavy (non-hydrogen) atoms. The lowest BCUT2D eigenvalue weighted by atomic mass is 10.1. The Balaban J connectivity index is 1.84. The Morgan fingerprint density at radius 3 is 2.81 bits per heavy atom. The van der Waals surface area contributed by atoms with Crippen LogP contribution < -0.4 is 4.74 Å². The molecule has 106 valence electrons. The van der Waals surface area contributed by atoms with E-state index >= 15 is 0 Å². The van der Waals surface area contributed by atoms with Gasteiger partial charge in [-0.1, -0.05) is 6.07 Å². The van der Waals surface area contributed by atoms with E-state index in [1.54, 1.807) is 18.7 Å². The largest absolute Gasteiger partial charge is 0.477 e. The molecule has 0 aliphatic heterocycles. The molecule has 0 saturated carbocycles. The number of hydrogen-bond donors (Lipinski definition) is 0. The number of aromatic nitrogens is 4. The fourth-order valence-electron chi connectivity index (χ4n) is 2.11. The number of pyridine rings is 2. The summed E-state index contributed by atoms with van der Waals surface area (Å²) in [5.74, 6) is 0.620. The SMILES string of the molecule is CCOc1ncccc1-c1ccc(Cn2ccnc2)cn1. The van der Waals surface area contributed by atoms with E-state index in [2.05, 4.69) is 21.0 Å². The second kappa shape index (κ2) is 6.17. The highest BCUT2D eigenvalue weighted by atomic mass is 16.5. The van der Waals surface area contributed by atoms with Crippen LogP contribution in [-0.2, 0) is 6.54 Å². The van der Waals surface area contributed by atoms with Crippen LogP contribution in [0.3, 0.4) is 0 Å². The van der Waals surface area contributed by atoms with Crippen LogP contribution in [0, 0.1) is 0 Å². The molecular weight excluding hydrogens is 264 g/mol.